The van der Waals surface area contributed by atoms with Gasteiger partial charge in [0.25, 0.3) is 5.91 Å². The molecule has 0 saturated carbocycles. The van der Waals surface area contributed by atoms with Gasteiger partial charge in [-0.05, 0) is 29.7 Å². The van der Waals surface area contributed by atoms with Crippen LogP contribution in [-0.2, 0) is 16.1 Å². The van der Waals surface area contributed by atoms with Gasteiger partial charge in [-0.3, -0.25) is 14.7 Å². The lowest BCUT2D eigenvalue weighted by Crippen LogP contribution is -2.38. The first-order chi connectivity index (χ1) is 12.3. The molecule has 0 spiro atoms. The number of methoxy groups -OCH3 is 1. The van der Waals surface area contributed by atoms with E-state index in [2.05, 4.69) is 9.88 Å². The van der Waals surface area contributed by atoms with E-state index in [0.717, 1.165) is 44.7 Å². The zero-order valence-electron chi connectivity index (χ0n) is 14.7. The van der Waals surface area contributed by atoms with Crippen LogP contribution >= 0.6 is 0 Å². The summed E-state index contributed by atoms with van der Waals surface area (Å²) in [6.45, 7) is 4.28. The fourth-order valence-electron chi connectivity index (χ4n) is 3.27. The van der Waals surface area contributed by atoms with Crippen molar-refractivity contribution in [3.05, 3.63) is 66.0 Å². The predicted octanol–water partition coefficient (Wildman–Crippen LogP) is 2.50. The molecule has 1 saturated heterocycles. The summed E-state index contributed by atoms with van der Waals surface area (Å²) in [6.07, 6.45) is 4.10. The second-order valence-corrected chi connectivity index (χ2v) is 6.34. The first kappa shape index (κ1) is 17.6. The Morgan fingerprint density at radius 3 is 2.56 bits per heavy atom. The number of carbonyl (C=O) groups is 1. The fourth-order valence-corrected chi connectivity index (χ4v) is 3.27. The molecule has 1 amide bonds. The van der Waals surface area contributed by atoms with Gasteiger partial charge in [-0.2, -0.15) is 0 Å². The van der Waals surface area contributed by atoms with Crippen molar-refractivity contribution in [2.45, 2.75) is 19.1 Å². The van der Waals surface area contributed by atoms with Gasteiger partial charge in [-0.15, -0.1) is 0 Å². The molecule has 0 aliphatic carbocycles. The van der Waals surface area contributed by atoms with Crippen molar-refractivity contribution in [2.75, 3.05) is 33.3 Å². The largest absolute Gasteiger partial charge is 0.367 e. The van der Waals surface area contributed by atoms with E-state index in [9.17, 15) is 4.79 Å². The van der Waals surface area contributed by atoms with Crippen molar-refractivity contribution in [2.24, 2.45) is 0 Å². The maximum absolute atomic E-state index is 12.9. The Morgan fingerprint density at radius 2 is 1.84 bits per heavy atom. The lowest BCUT2D eigenvalue weighted by atomic mass is 10.1. The molecule has 132 valence electrons. The Morgan fingerprint density at radius 1 is 1.08 bits per heavy atom. The molecule has 2 heterocycles. The molecule has 2 aromatic rings. The van der Waals surface area contributed by atoms with Crippen LogP contribution in [0.5, 0.6) is 0 Å². The van der Waals surface area contributed by atoms with Gasteiger partial charge in [-0.1, -0.05) is 30.3 Å². The van der Waals surface area contributed by atoms with Crippen LogP contribution in [0.25, 0.3) is 0 Å². The van der Waals surface area contributed by atoms with E-state index in [-0.39, 0.29) is 5.91 Å². The summed E-state index contributed by atoms with van der Waals surface area (Å²) in [4.78, 5) is 21.3. The molecule has 1 aliphatic heterocycles. The molecule has 0 radical (unpaired) electrons. The van der Waals surface area contributed by atoms with Gasteiger partial charge in [0.1, 0.15) is 0 Å². The Labute approximate surface area is 149 Å². The highest BCUT2D eigenvalue weighted by atomic mass is 16.5. The molecule has 1 aromatic carbocycles. The zero-order valence-corrected chi connectivity index (χ0v) is 14.7. The Hall–Kier alpha value is -2.24. The molecule has 3 rings (SSSR count). The lowest BCUT2D eigenvalue weighted by molar-refractivity contribution is -0.142. The Balaban J connectivity index is 1.61. The Kier molecular flexibility index (Phi) is 6.14. The lowest BCUT2D eigenvalue weighted by Gasteiger charge is -2.26. The van der Waals surface area contributed by atoms with Gasteiger partial charge >= 0.3 is 0 Å². The monoisotopic (exact) mass is 339 g/mol. The molecule has 25 heavy (non-hydrogen) atoms. The average Bonchev–Trinajstić information content (AvgIpc) is 2.90. The first-order valence-electron chi connectivity index (χ1n) is 8.75. The molecule has 1 fully saturated rings. The smallest absolute Gasteiger partial charge is 0.256 e. The molecule has 1 atom stereocenters. The van der Waals surface area contributed by atoms with E-state index >= 15 is 0 Å². The third-order valence-corrected chi connectivity index (χ3v) is 4.62. The number of rotatable bonds is 5. The van der Waals surface area contributed by atoms with Crippen LogP contribution < -0.4 is 0 Å². The van der Waals surface area contributed by atoms with Crippen LogP contribution in [0.1, 0.15) is 23.7 Å². The topological polar surface area (TPSA) is 45.7 Å². The molecule has 1 aliphatic rings. The number of benzene rings is 1. The first-order valence-corrected chi connectivity index (χ1v) is 8.75. The van der Waals surface area contributed by atoms with Gasteiger partial charge in [0, 0.05) is 52.2 Å². The van der Waals surface area contributed by atoms with Crippen LogP contribution in [0.3, 0.4) is 0 Å². The molecule has 0 bridgehead atoms. The summed E-state index contributed by atoms with van der Waals surface area (Å²) in [5.74, 6) is 0.0551. The number of nitrogens with zero attached hydrogens (tertiary/aromatic N) is 3. The number of pyridine rings is 1. The van der Waals surface area contributed by atoms with Crippen molar-refractivity contribution in [1.82, 2.24) is 14.8 Å². The van der Waals surface area contributed by atoms with Crippen molar-refractivity contribution in [3.63, 3.8) is 0 Å². The summed E-state index contributed by atoms with van der Waals surface area (Å²) in [6, 6.07) is 13.8. The molecule has 5 nitrogen and oxygen atoms in total. The zero-order chi connectivity index (χ0) is 17.5. The minimum Gasteiger partial charge on any atom is -0.367 e. The summed E-state index contributed by atoms with van der Waals surface area (Å²) >= 11 is 0. The van der Waals surface area contributed by atoms with Crippen LogP contribution in [0.4, 0.5) is 0 Å². The third kappa shape index (κ3) is 4.65. The molecule has 1 aromatic heterocycles. The summed E-state index contributed by atoms with van der Waals surface area (Å²) in [5.41, 5.74) is 2.17. The van der Waals surface area contributed by atoms with E-state index in [1.54, 1.807) is 7.11 Å². The number of hydrogen-bond acceptors (Lipinski definition) is 4. The second kappa shape index (κ2) is 8.74. The highest BCUT2D eigenvalue weighted by molar-refractivity contribution is 5.82. The SMILES string of the molecule is COC(C(=O)N1CCCN(Cc2ccncc2)CC1)c1ccccc1. The van der Waals surface area contributed by atoms with Gasteiger partial charge in [0.05, 0.1) is 0 Å². The van der Waals surface area contributed by atoms with E-state index in [4.69, 9.17) is 4.74 Å². The summed E-state index contributed by atoms with van der Waals surface area (Å²) in [5, 5.41) is 0. The highest BCUT2D eigenvalue weighted by Crippen LogP contribution is 2.20. The molecular formula is C20H25N3O2. The van der Waals surface area contributed by atoms with Crippen LogP contribution in [-0.4, -0.2) is 54.0 Å². The van der Waals surface area contributed by atoms with Gasteiger partial charge in [0.15, 0.2) is 6.10 Å². The number of ether oxygens (including phenoxy) is 1. The number of hydrogen-bond donors (Lipinski definition) is 0. The van der Waals surface area contributed by atoms with Crippen molar-refractivity contribution in [3.8, 4) is 0 Å². The number of carbonyl (C=O) groups excluding carboxylic acids is 1. The van der Waals surface area contributed by atoms with E-state index in [0.29, 0.717) is 0 Å². The fraction of sp³-hybridized carbons (Fsp3) is 0.400. The Bertz CT molecular complexity index is 663. The van der Waals surface area contributed by atoms with Gasteiger partial charge < -0.3 is 9.64 Å². The number of aromatic nitrogens is 1. The average molecular weight is 339 g/mol. The molecule has 5 heteroatoms. The molecular weight excluding hydrogens is 314 g/mol. The van der Waals surface area contributed by atoms with Gasteiger partial charge in [-0.25, -0.2) is 0 Å². The summed E-state index contributed by atoms with van der Waals surface area (Å²) in [7, 11) is 1.60. The maximum Gasteiger partial charge on any atom is 0.256 e. The van der Waals surface area contributed by atoms with Gasteiger partial charge in [0.2, 0.25) is 0 Å². The van der Waals surface area contributed by atoms with Crippen LogP contribution in [0.15, 0.2) is 54.9 Å². The van der Waals surface area contributed by atoms with Crippen LogP contribution in [0, 0.1) is 0 Å². The van der Waals surface area contributed by atoms with Crippen molar-refractivity contribution < 1.29 is 9.53 Å². The number of amides is 1. The third-order valence-electron chi connectivity index (χ3n) is 4.62. The minimum absolute atomic E-state index is 0.0551. The minimum atomic E-state index is -0.520. The van der Waals surface area contributed by atoms with Crippen molar-refractivity contribution >= 4 is 5.91 Å². The quantitative estimate of drug-likeness (QED) is 0.840. The molecule has 0 N–H and O–H groups in total. The van der Waals surface area contributed by atoms with E-state index in [1.807, 2.05) is 59.8 Å². The normalized spacial score (nSPS) is 17.1. The predicted molar refractivity (Wildman–Crippen MR) is 96.9 cm³/mol. The standard InChI is InChI=1S/C20H25N3O2/c1-25-19(18-6-3-2-4-7-18)20(24)23-13-5-12-22(14-15-23)16-17-8-10-21-11-9-17/h2-4,6-11,19H,5,12-16H2,1H3. The van der Waals surface area contributed by atoms with Crippen LogP contribution in [0.2, 0.25) is 0 Å². The van der Waals surface area contributed by atoms with E-state index < -0.39 is 6.10 Å². The van der Waals surface area contributed by atoms with E-state index in [1.165, 1.54) is 5.56 Å². The second-order valence-electron chi connectivity index (χ2n) is 6.34. The highest BCUT2D eigenvalue weighted by Gasteiger charge is 2.27. The van der Waals surface area contributed by atoms with Crippen molar-refractivity contribution in [1.29, 1.82) is 0 Å². The maximum atomic E-state index is 12.9. The summed E-state index contributed by atoms with van der Waals surface area (Å²) < 4.78 is 5.50. The molecule has 1 unspecified atom stereocenters.